The van der Waals surface area contributed by atoms with Crippen molar-refractivity contribution in [3.63, 3.8) is 0 Å². The molecule has 0 aliphatic heterocycles. The second kappa shape index (κ2) is 4.42. The van der Waals surface area contributed by atoms with Gasteiger partial charge in [-0.15, -0.1) is 0 Å². The SMILES string of the molecule is C=COP(=O)(O)Oc1c(F)cccc1F. The zero-order valence-corrected chi connectivity index (χ0v) is 8.29. The van der Waals surface area contributed by atoms with Crippen molar-refractivity contribution in [1.82, 2.24) is 0 Å². The maximum Gasteiger partial charge on any atom is 0.584 e. The lowest BCUT2D eigenvalue weighted by atomic mass is 10.3. The average molecular weight is 236 g/mol. The smallest absolute Gasteiger partial charge is 0.404 e. The quantitative estimate of drug-likeness (QED) is 0.644. The van der Waals surface area contributed by atoms with Gasteiger partial charge < -0.3 is 9.05 Å². The largest absolute Gasteiger partial charge is 0.584 e. The van der Waals surface area contributed by atoms with E-state index in [1.54, 1.807) is 0 Å². The number of para-hydroxylation sites is 1. The van der Waals surface area contributed by atoms with Gasteiger partial charge in [0.15, 0.2) is 11.6 Å². The van der Waals surface area contributed by atoms with Crippen LogP contribution in [0.3, 0.4) is 0 Å². The highest BCUT2D eigenvalue weighted by atomic mass is 31.2. The van der Waals surface area contributed by atoms with Gasteiger partial charge >= 0.3 is 7.82 Å². The first-order valence-corrected chi connectivity index (χ1v) is 5.21. The Morgan fingerprint density at radius 1 is 1.40 bits per heavy atom. The van der Waals surface area contributed by atoms with Gasteiger partial charge in [0.25, 0.3) is 0 Å². The minimum Gasteiger partial charge on any atom is -0.404 e. The van der Waals surface area contributed by atoms with E-state index in [1.807, 2.05) is 0 Å². The van der Waals surface area contributed by atoms with Gasteiger partial charge in [-0.05, 0) is 12.1 Å². The zero-order valence-electron chi connectivity index (χ0n) is 7.39. The van der Waals surface area contributed by atoms with Crippen LogP contribution < -0.4 is 4.52 Å². The van der Waals surface area contributed by atoms with Gasteiger partial charge in [0.05, 0.1) is 6.26 Å². The van der Waals surface area contributed by atoms with E-state index in [1.165, 1.54) is 0 Å². The molecule has 0 amide bonds. The molecule has 0 bridgehead atoms. The average Bonchev–Trinajstić information content (AvgIpc) is 2.11. The van der Waals surface area contributed by atoms with Crippen LogP contribution in [-0.4, -0.2) is 4.89 Å². The van der Waals surface area contributed by atoms with E-state index in [0.29, 0.717) is 6.26 Å². The van der Waals surface area contributed by atoms with E-state index in [4.69, 9.17) is 4.89 Å². The minimum atomic E-state index is -4.57. The van der Waals surface area contributed by atoms with Gasteiger partial charge in [0.1, 0.15) is 0 Å². The Bertz CT molecular complexity index is 401. The lowest BCUT2D eigenvalue weighted by molar-refractivity contribution is 0.257. The van der Waals surface area contributed by atoms with Crippen LogP contribution >= 0.6 is 7.82 Å². The third kappa shape index (κ3) is 3.04. The monoisotopic (exact) mass is 236 g/mol. The summed E-state index contributed by atoms with van der Waals surface area (Å²) < 4.78 is 45.1. The summed E-state index contributed by atoms with van der Waals surface area (Å²) in [7, 11) is -4.57. The predicted molar refractivity (Wildman–Crippen MR) is 48.1 cm³/mol. The van der Waals surface area contributed by atoms with Crippen LogP contribution in [0.2, 0.25) is 0 Å². The van der Waals surface area contributed by atoms with Crippen LogP contribution in [0.15, 0.2) is 31.0 Å². The molecule has 4 nitrogen and oxygen atoms in total. The second-order valence-electron chi connectivity index (χ2n) is 2.38. The Morgan fingerprint density at radius 2 is 1.93 bits per heavy atom. The lowest BCUT2D eigenvalue weighted by Crippen LogP contribution is -1.97. The van der Waals surface area contributed by atoms with Crippen molar-refractivity contribution in [1.29, 1.82) is 0 Å². The summed E-state index contributed by atoms with van der Waals surface area (Å²) in [4.78, 5) is 8.92. The molecule has 1 atom stereocenters. The third-order valence-corrected chi connectivity index (χ3v) is 2.16. The van der Waals surface area contributed by atoms with Crippen molar-refractivity contribution in [2.75, 3.05) is 0 Å². The van der Waals surface area contributed by atoms with Crippen LogP contribution in [-0.2, 0) is 9.09 Å². The minimum absolute atomic E-state index is 0.638. The molecule has 0 aliphatic carbocycles. The molecule has 7 heteroatoms. The molecule has 1 aromatic rings. The van der Waals surface area contributed by atoms with Gasteiger partial charge in [-0.3, -0.25) is 4.89 Å². The standard InChI is InChI=1S/C8H7F2O4P/c1-2-13-15(11,12)14-8-6(9)4-3-5-7(8)10/h2-5H,1H2,(H,11,12). The predicted octanol–water partition coefficient (Wildman–Crippen LogP) is 2.60. The molecule has 82 valence electrons. The van der Waals surface area contributed by atoms with Crippen LogP contribution in [0, 0.1) is 11.6 Å². The van der Waals surface area contributed by atoms with Crippen molar-refractivity contribution >= 4 is 7.82 Å². The molecule has 0 heterocycles. The highest BCUT2D eigenvalue weighted by Gasteiger charge is 2.26. The Hall–Kier alpha value is -1.39. The zero-order chi connectivity index (χ0) is 11.5. The number of hydrogen-bond acceptors (Lipinski definition) is 3. The van der Waals surface area contributed by atoms with Gasteiger partial charge in [0.2, 0.25) is 5.75 Å². The van der Waals surface area contributed by atoms with E-state index in [0.717, 1.165) is 18.2 Å². The third-order valence-electron chi connectivity index (χ3n) is 1.33. The Balaban J connectivity index is 2.99. The summed E-state index contributed by atoms with van der Waals surface area (Å²) in [5.41, 5.74) is 0. The van der Waals surface area contributed by atoms with Gasteiger partial charge in [0, 0.05) is 0 Å². The van der Waals surface area contributed by atoms with Crippen molar-refractivity contribution in [3.8, 4) is 5.75 Å². The normalized spacial score (nSPS) is 14.1. The highest BCUT2D eigenvalue weighted by Crippen LogP contribution is 2.45. The van der Waals surface area contributed by atoms with Crippen LogP contribution in [0.25, 0.3) is 0 Å². The molecule has 0 fully saturated rings. The highest BCUT2D eigenvalue weighted by molar-refractivity contribution is 7.47. The number of phosphoric ester groups is 1. The molecular weight excluding hydrogens is 229 g/mol. The van der Waals surface area contributed by atoms with Crippen molar-refractivity contribution in [3.05, 3.63) is 42.7 Å². The number of halogens is 2. The van der Waals surface area contributed by atoms with Gasteiger partial charge in [-0.2, -0.15) is 0 Å². The van der Waals surface area contributed by atoms with Crippen LogP contribution in [0.4, 0.5) is 8.78 Å². The molecule has 15 heavy (non-hydrogen) atoms. The number of rotatable bonds is 4. The van der Waals surface area contributed by atoms with E-state index in [9.17, 15) is 13.3 Å². The van der Waals surface area contributed by atoms with Crippen LogP contribution in [0.1, 0.15) is 0 Å². The van der Waals surface area contributed by atoms with Crippen molar-refractivity contribution < 1.29 is 27.3 Å². The summed E-state index contributed by atoms with van der Waals surface area (Å²) in [5, 5.41) is 0. The Kier molecular flexibility index (Phi) is 3.44. The van der Waals surface area contributed by atoms with Gasteiger partial charge in [-0.25, -0.2) is 13.3 Å². The van der Waals surface area contributed by atoms with E-state index in [2.05, 4.69) is 15.6 Å². The number of hydrogen-bond donors (Lipinski definition) is 1. The summed E-state index contributed by atoms with van der Waals surface area (Å²) in [6.45, 7) is 3.01. The first-order chi connectivity index (χ1) is 6.96. The van der Waals surface area contributed by atoms with Crippen molar-refractivity contribution in [2.24, 2.45) is 0 Å². The van der Waals surface area contributed by atoms with Crippen molar-refractivity contribution in [2.45, 2.75) is 0 Å². The summed E-state index contributed by atoms with van der Waals surface area (Å²) in [5.74, 6) is -3.17. The van der Waals surface area contributed by atoms with E-state index < -0.39 is 25.2 Å². The molecule has 0 saturated heterocycles. The summed E-state index contributed by atoms with van der Waals surface area (Å²) >= 11 is 0. The molecule has 1 rings (SSSR count). The molecule has 1 aromatic carbocycles. The lowest BCUT2D eigenvalue weighted by Gasteiger charge is -2.11. The molecule has 0 aromatic heterocycles. The fourth-order valence-electron chi connectivity index (χ4n) is 0.801. The first kappa shape index (κ1) is 11.7. The molecule has 0 radical (unpaired) electrons. The molecule has 1 N–H and O–H groups in total. The maximum absolute atomic E-state index is 12.9. The fraction of sp³-hybridized carbons (Fsp3) is 0. The summed E-state index contributed by atoms with van der Waals surface area (Å²) in [6.07, 6.45) is 0.638. The number of benzene rings is 1. The maximum atomic E-state index is 12.9. The van der Waals surface area contributed by atoms with Gasteiger partial charge in [-0.1, -0.05) is 12.6 Å². The van der Waals surface area contributed by atoms with E-state index in [-0.39, 0.29) is 0 Å². The fourth-order valence-corrected chi connectivity index (χ4v) is 1.44. The molecule has 0 aliphatic rings. The Morgan fingerprint density at radius 3 is 2.40 bits per heavy atom. The second-order valence-corrected chi connectivity index (χ2v) is 3.71. The molecule has 1 unspecified atom stereocenters. The summed E-state index contributed by atoms with van der Waals surface area (Å²) in [6, 6.07) is 2.85. The molecular formula is C8H7F2O4P. The topological polar surface area (TPSA) is 55.8 Å². The first-order valence-electron chi connectivity index (χ1n) is 3.72. The van der Waals surface area contributed by atoms with Crippen LogP contribution in [0.5, 0.6) is 5.75 Å². The molecule has 0 spiro atoms. The molecule has 0 saturated carbocycles. The Labute approximate surface area is 84.4 Å². The number of phosphoric acid groups is 1. The van der Waals surface area contributed by atoms with E-state index >= 15 is 0 Å².